The van der Waals surface area contributed by atoms with Crippen LogP contribution < -0.4 is 15.2 Å². The van der Waals surface area contributed by atoms with Gasteiger partial charge in [-0.15, -0.1) is 0 Å². The Kier molecular flexibility index (Phi) is 5.47. The molecule has 3 heterocycles. The van der Waals surface area contributed by atoms with Gasteiger partial charge in [-0.2, -0.15) is 15.0 Å². The van der Waals surface area contributed by atoms with Crippen LogP contribution in [0.5, 0.6) is 12.0 Å². The highest BCUT2D eigenvalue weighted by molar-refractivity contribution is 5.83. The van der Waals surface area contributed by atoms with E-state index in [0.717, 1.165) is 18.4 Å². The van der Waals surface area contributed by atoms with Crippen LogP contribution in [0.25, 0.3) is 11.2 Å². The molecule has 0 unspecified atom stereocenters. The summed E-state index contributed by atoms with van der Waals surface area (Å²) in [5.74, 6) is 0.240. The predicted octanol–water partition coefficient (Wildman–Crippen LogP) is 1.53. The monoisotopic (exact) mass is 358 g/mol. The summed E-state index contributed by atoms with van der Waals surface area (Å²) >= 11 is 0. The molecular weight excluding hydrogens is 336 g/mol. The second-order valence-corrected chi connectivity index (χ2v) is 5.76. The minimum Gasteiger partial charge on any atom is -0.468 e. The highest BCUT2D eigenvalue weighted by Crippen LogP contribution is 2.26. The molecule has 0 amide bonds. The van der Waals surface area contributed by atoms with Gasteiger partial charge in [0.05, 0.1) is 32.6 Å². The van der Waals surface area contributed by atoms with Gasteiger partial charge in [-0.25, -0.2) is 0 Å². The highest BCUT2D eigenvalue weighted by Gasteiger charge is 2.18. The summed E-state index contributed by atoms with van der Waals surface area (Å²) in [4.78, 5) is 17.1. The Morgan fingerprint density at radius 2 is 2.12 bits per heavy atom. The number of aromatic nitrogens is 5. The number of imidazole rings is 1. The first-order valence-corrected chi connectivity index (χ1v) is 8.41. The molecule has 26 heavy (non-hydrogen) atoms. The lowest BCUT2D eigenvalue weighted by Gasteiger charge is -2.09. The topological polar surface area (TPSA) is 121 Å². The summed E-state index contributed by atoms with van der Waals surface area (Å²) in [7, 11) is 1.53. The summed E-state index contributed by atoms with van der Waals surface area (Å²) in [6.45, 7) is 2.91. The number of hydrogen-bond donors (Lipinski definition) is 2. The minimum absolute atomic E-state index is 0.125. The molecule has 0 aromatic carbocycles. The number of fused-ring (bicyclic) bond motifs is 1. The van der Waals surface area contributed by atoms with E-state index in [2.05, 4.69) is 26.9 Å². The summed E-state index contributed by atoms with van der Waals surface area (Å²) in [5.41, 5.74) is 8.53. The largest absolute Gasteiger partial charge is 0.468 e. The fourth-order valence-corrected chi connectivity index (χ4v) is 2.55. The Labute approximate surface area is 150 Å². The summed E-state index contributed by atoms with van der Waals surface area (Å²) in [6.07, 6.45) is 3.57. The van der Waals surface area contributed by atoms with Crippen LogP contribution in [0.4, 0.5) is 5.82 Å². The van der Waals surface area contributed by atoms with E-state index >= 15 is 0 Å². The molecule has 3 N–H and O–H groups in total. The molecule has 0 saturated carbocycles. The number of ether oxygens (including phenoxy) is 2. The van der Waals surface area contributed by atoms with Crippen molar-refractivity contribution in [1.82, 2.24) is 24.5 Å². The van der Waals surface area contributed by atoms with Crippen molar-refractivity contribution in [3.05, 3.63) is 29.6 Å². The summed E-state index contributed by atoms with van der Waals surface area (Å²) in [5, 5.41) is 9.28. The van der Waals surface area contributed by atoms with Crippen molar-refractivity contribution in [3.8, 4) is 12.0 Å². The third-order valence-corrected chi connectivity index (χ3v) is 3.86. The van der Waals surface area contributed by atoms with Crippen LogP contribution >= 0.6 is 0 Å². The second-order valence-electron chi connectivity index (χ2n) is 5.76. The van der Waals surface area contributed by atoms with E-state index in [1.807, 2.05) is 12.1 Å². The fourth-order valence-electron chi connectivity index (χ4n) is 2.55. The molecule has 0 spiro atoms. The molecule has 0 bridgehead atoms. The maximum Gasteiger partial charge on any atom is 0.320 e. The number of pyridine rings is 1. The number of hydrogen-bond acceptors (Lipinski definition) is 8. The molecule has 0 aliphatic carbocycles. The Bertz CT molecular complexity index is 896. The maximum absolute atomic E-state index is 9.28. The van der Waals surface area contributed by atoms with Crippen molar-refractivity contribution in [2.24, 2.45) is 0 Å². The number of aliphatic hydroxyl groups is 1. The average Bonchev–Trinajstić information content (AvgIpc) is 3.00. The van der Waals surface area contributed by atoms with Crippen LogP contribution in [-0.4, -0.2) is 43.3 Å². The lowest BCUT2D eigenvalue weighted by molar-refractivity contribution is 0.276. The first-order valence-electron chi connectivity index (χ1n) is 8.41. The molecule has 9 nitrogen and oxygen atoms in total. The molecule has 0 atom stereocenters. The van der Waals surface area contributed by atoms with E-state index in [0.29, 0.717) is 36.0 Å². The Hall–Kier alpha value is -2.94. The molecule has 0 aliphatic heterocycles. The molecular formula is C17H22N6O3. The lowest BCUT2D eigenvalue weighted by Crippen LogP contribution is -2.07. The van der Waals surface area contributed by atoms with E-state index in [9.17, 15) is 5.11 Å². The van der Waals surface area contributed by atoms with Crippen molar-refractivity contribution < 1.29 is 14.6 Å². The number of methoxy groups -OCH3 is 1. The van der Waals surface area contributed by atoms with Crippen LogP contribution in [0.15, 0.2) is 18.3 Å². The van der Waals surface area contributed by atoms with E-state index in [-0.39, 0.29) is 18.4 Å². The summed E-state index contributed by atoms with van der Waals surface area (Å²) < 4.78 is 12.8. The first-order chi connectivity index (χ1) is 12.7. The standard InChI is InChI=1S/C17H22N6O3/c1-3-4-7-26-16-21-14(18)13-15(22-16)23(17(20-13)25-2)9-11-5-6-19-12(8-11)10-24/h5-6,8,24H,3-4,7,9-10H2,1-2H3,(H2,18,21,22). The molecule has 0 radical (unpaired) electrons. The number of rotatable bonds is 8. The molecule has 9 heteroatoms. The minimum atomic E-state index is -0.125. The fraction of sp³-hybridized carbons (Fsp3) is 0.412. The number of nitrogen functional groups attached to an aromatic ring is 1. The average molecular weight is 358 g/mol. The molecule has 0 aliphatic rings. The van der Waals surface area contributed by atoms with Gasteiger partial charge in [-0.3, -0.25) is 9.55 Å². The Morgan fingerprint density at radius 1 is 1.27 bits per heavy atom. The normalized spacial score (nSPS) is 11.0. The van der Waals surface area contributed by atoms with Gasteiger partial charge in [0.15, 0.2) is 17.0 Å². The van der Waals surface area contributed by atoms with E-state index < -0.39 is 0 Å². The van der Waals surface area contributed by atoms with Crippen LogP contribution in [-0.2, 0) is 13.2 Å². The quantitative estimate of drug-likeness (QED) is 0.582. The Balaban J connectivity index is 2.01. The van der Waals surface area contributed by atoms with Gasteiger partial charge in [0, 0.05) is 6.20 Å². The van der Waals surface area contributed by atoms with Crippen LogP contribution in [0.1, 0.15) is 31.0 Å². The van der Waals surface area contributed by atoms with Crippen molar-refractivity contribution in [1.29, 1.82) is 0 Å². The van der Waals surface area contributed by atoms with Crippen LogP contribution in [0.2, 0.25) is 0 Å². The zero-order chi connectivity index (χ0) is 18.5. The SMILES string of the molecule is CCCCOc1nc(N)c2nc(OC)n(Cc3ccnc(CO)c3)c2n1. The molecule has 0 fully saturated rings. The van der Waals surface area contributed by atoms with E-state index in [1.165, 1.54) is 7.11 Å². The van der Waals surface area contributed by atoms with E-state index in [4.69, 9.17) is 15.2 Å². The van der Waals surface area contributed by atoms with Gasteiger partial charge in [0.25, 0.3) is 6.01 Å². The number of aliphatic hydroxyl groups excluding tert-OH is 1. The smallest absolute Gasteiger partial charge is 0.320 e. The number of anilines is 1. The molecule has 0 saturated heterocycles. The van der Waals surface area contributed by atoms with Crippen LogP contribution in [0.3, 0.4) is 0 Å². The Morgan fingerprint density at radius 3 is 2.85 bits per heavy atom. The van der Waals surface area contributed by atoms with Crippen molar-refractivity contribution in [2.75, 3.05) is 19.5 Å². The zero-order valence-corrected chi connectivity index (χ0v) is 14.8. The second kappa shape index (κ2) is 7.96. The van der Waals surface area contributed by atoms with Gasteiger partial charge in [-0.05, 0) is 24.1 Å². The molecule has 3 aromatic heterocycles. The molecule has 3 aromatic rings. The first kappa shape index (κ1) is 17.9. The third-order valence-electron chi connectivity index (χ3n) is 3.86. The third kappa shape index (κ3) is 3.67. The number of unbranched alkanes of at least 4 members (excludes halogenated alkanes) is 1. The van der Waals surface area contributed by atoms with Crippen molar-refractivity contribution >= 4 is 17.0 Å². The molecule has 3 rings (SSSR count). The van der Waals surface area contributed by atoms with E-state index in [1.54, 1.807) is 10.8 Å². The van der Waals surface area contributed by atoms with Crippen LogP contribution in [0, 0.1) is 0 Å². The zero-order valence-electron chi connectivity index (χ0n) is 14.8. The number of nitrogens with zero attached hydrogens (tertiary/aromatic N) is 5. The van der Waals surface area contributed by atoms with Gasteiger partial charge < -0.3 is 20.3 Å². The highest BCUT2D eigenvalue weighted by atomic mass is 16.5. The van der Waals surface area contributed by atoms with Gasteiger partial charge >= 0.3 is 6.01 Å². The van der Waals surface area contributed by atoms with Crippen molar-refractivity contribution in [2.45, 2.75) is 32.9 Å². The molecule has 138 valence electrons. The van der Waals surface area contributed by atoms with Gasteiger partial charge in [0.1, 0.15) is 0 Å². The summed E-state index contributed by atoms with van der Waals surface area (Å²) in [6, 6.07) is 4.26. The van der Waals surface area contributed by atoms with Crippen molar-refractivity contribution in [3.63, 3.8) is 0 Å². The van der Waals surface area contributed by atoms with Gasteiger partial charge in [0.2, 0.25) is 0 Å². The predicted molar refractivity (Wildman–Crippen MR) is 96.0 cm³/mol. The number of nitrogens with two attached hydrogens (primary N) is 1. The lowest BCUT2D eigenvalue weighted by atomic mass is 10.2. The van der Waals surface area contributed by atoms with Gasteiger partial charge in [-0.1, -0.05) is 13.3 Å². The maximum atomic E-state index is 9.28.